The largest absolute Gasteiger partial charge is 0.504 e. The smallest absolute Gasteiger partial charge is 0.298 e. The average molecular weight is 352 g/mol. The first-order chi connectivity index (χ1) is 12.6. The van der Waals surface area contributed by atoms with Gasteiger partial charge in [-0.1, -0.05) is 0 Å². The maximum Gasteiger partial charge on any atom is 0.298 e. The van der Waals surface area contributed by atoms with Crippen molar-refractivity contribution in [2.24, 2.45) is 5.10 Å². The van der Waals surface area contributed by atoms with Gasteiger partial charge in [-0.2, -0.15) is 9.78 Å². The third-order valence-corrected chi connectivity index (χ3v) is 3.99. The van der Waals surface area contributed by atoms with E-state index in [-0.39, 0.29) is 11.3 Å². The normalized spacial score (nSPS) is 11.6. The Morgan fingerprint density at radius 3 is 2.96 bits per heavy atom. The highest BCUT2D eigenvalue weighted by atomic mass is 19.1. The molecule has 0 aliphatic carbocycles. The molecule has 7 nitrogen and oxygen atoms in total. The van der Waals surface area contributed by atoms with Crippen LogP contribution in [0.4, 0.5) is 4.39 Å². The first-order valence-corrected chi connectivity index (χ1v) is 7.67. The van der Waals surface area contributed by atoms with Gasteiger partial charge in [-0.3, -0.25) is 4.79 Å². The van der Waals surface area contributed by atoms with E-state index in [0.29, 0.717) is 27.7 Å². The number of methoxy groups -OCH3 is 1. The molecule has 0 spiro atoms. The van der Waals surface area contributed by atoms with Crippen molar-refractivity contribution in [3.8, 4) is 11.5 Å². The lowest BCUT2D eigenvalue weighted by Gasteiger charge is -2.03. The van der Waals surface area contributed by atoms with Crippen LogP contribution in [0.2, 0.25) is 0 Å². The summed E-state index contributed by atoms with van der Waals surface area (Å²) in [6, 6.07) is 8.88. The van der Waals surface area contributed by atoms with Gasteiger partial charge in [-0.25, -0.2) is 9.37 Å². The van der Waals surface area contributed by atoms with Crippen molar-refractivity contribution in [1.29, 1.82) is 0 Å². The van der Waals surface area contributed by atoms with Crippen molar-refractivity contribution in [2.45, 2.75) is 0 Å². The van der Waals surface area contributed by atoms with E-state index in [2.05, 4.69) is 15.1 Å². The molecule has 0 fully saturated rings. The zero-order valence-corrected chi connectivity index (χ0v) is 13.6. The highest BCUT2D eigenvalue weighted by Crippen LogP contribution is 2.25. The Kier molecular flexibility index (Phi) is 3.65. The van der Waals surface area contributed by atoms with Crippen LogP contribution < -0.4 is 10.3 Å². The molecule has 26 heavy (non-hydrogen) atoms. The van der Waals surface area contributed by atoms with Gasteiger partial charge >= 0.3 is 0 Å². The topological polar surface area (TPSA) is 92.5 Å². The molecule has 0 atom stereocenters. The number of halogens is 1. The Labute approximate surface area is 146 Å². The number of ether oxygens (including phenoxy) is 1. The number of rotatable bonds is 3. The van der Waals surface area contributed by atoms with E-state index >= 15 is 0 Å². The summed E-state index contributed by atoms with van der Waals surface area (Å²) in [6.07, 6.45) is 2.72. The predicted molar refractivity (Wildman–Crippen MR) is 95.5 cm³/mol. The molecule has 0 aliphatic rings. The van der Waals surface area contributed by atoms with Crippen LogP contribution in [0.15, 0.2) is 52.6 Å². The van der Waals surface area contributed by atoms with E-state index in [4.69, 9.17) is 4.74 Å². The molecular formula is C18H13FN4O3. The number of hydrogen-bond acceptors (Lipinski definition) is 5. The lowest BCUT2D eigenvalue weighted by molar-refractivity contribution is 0.373. The zero-order valence-electron chi connectivity index (χ0n) is 13.6. The number of nitrogens with zero attached hydrogens (tertiary/aromatic N) is 3. The minimum absolute atomic E-state index is 0.00945. The summed E-state index contributed by atoms with van der Waals surface area (Å²) >= 11 is 0. The summed E-state index contributed by atoms with van der Waals surface area (Å²) in [6.45, 7) is 0. The number of fused-ring (bicyclic) bond motifs is 3. The molecule has 4 rings (SSSR count). The average Bonchev–Trinajstić information content (AvgIpc) is 3.01. The summed E-state index contributed by atoms with van der Waals surface area (Å²) in [5.74, 6) is -0.0913. The Morgan fingerprint density at radius 2 is 2.15 bits per heavy atom. The van der Waals surface area contributed by atoms with E-state index < -0.39 is 11.4 Å². The van der Waals surface area contributed by atoms with Crippen LogP contribution in [0.1, 0.15) is 5.56 Å². The molecule has 0 amide bonds. The maximum atomic E-state index is 13.4. The van der Waals surface area contributed by atoms with Gasteiger partial charge in [0.2, 0.25) is 0 Å². The van der Waals surface area contributed by atoms with Gasteiger partial charge in [0.05, 0.1) is 13.3 Å². The quantitative estimate of drug-likeness (QED) is 0.554. The van der Waals surface area contributed by atoms with Crippen LogP contribution in [0.25, 0.3) is 21.9 Å². The molecule has 2 heterocycles. The molecule has 0 saturated heterocycles. The van der Waals surface area contributed by atoms with Crippen LogP contribution in [-0.2, 0) is 0 Å². The van der Waals surface area contributed by atoms with Gasteiger partial charge < -0.3 is 14.8 Å². The minimum atomic E-state index is -0.409. The number of aromatic amines is 1. The summed E-state index contributed by atoms with van der Waals surface area (Å²) in [5, 5.41) is 14.2. The number of phenolic OH excluding ortho intramolecular Hbond substituents is 1. The third kappa shape index (κ3) is 2.57. The molecule has 2 aromatic carbocycles. The van der Waals surface area contributed by atoms with Gasteiger partial charge in [-0.05, 0) is 42.0 Å². The van der Waals surface area contributed by atoms with Crippen LogP contribution >= 0.6 is 0 Å². The van der Waals surface area contributed by atoms with Crippen molar-refractivity contribution in [3.63, 3.8) is 0 Å². The van der Waals surface area contributed by atoms with E-state index in [1.807, 2.05) is 0 Å². The Bertz CT molecular complexity index is 1230. The van der Waals surface area contributed by atoms with Gasteiger partial charge in [0.25, 0.3) is 5.56 Å². The molecule has 4 aromatic rings. The van der Waals surface area contributed by atoms with Crippen molar-refractivity contribution >= 4 is 28.2 Å². The highest BCUT2D eigenvalue weighted by Gasteiger charge is 2.11. The van der Waals surface area contributed by atoms with Crippen LogP contribution in [0.3, 0.4) is 0 Å². The van der Waals surface area contributed by atoms with Gasteiger partial charge in [0.1, 0.15) is 23.2 Å². The molecule has 0 saturated carbocycles. The van der Waals surface area contributed by atoms with Gasteiger partial charge in [0, 0.05) is 10.9 Å². The van der Waals surface area contributed by atoms with Gasteiger partial charge in [-0.15, -0.1) is 0 Å². The fourth-order valence-corrected chi connectivity index (χ4v) is 2.70. The second kappa shape index (κ2) is 5.99. The highest BCUT2D eigenvalue weighted by molar-refractivity contribution is 6.04. The molecule has 0 bridgehead atoms. The predicted octanol–water partition coefficient (Wildman–Crippen LogP) is 2.61. The summed E-state index contributed by atoms with van der Waals surface area (Å²) in [5.41, 5.74) is 1.48. The molecule has 8 heteroatoms. The Hall–Kier alpha value is -3.68. The Balaban J connectivity index is 1.79. The summed E-state index contributed by atoms with van der Waals surface area (Å²) < 4.78 is 19.6. The lowest BCUT2D eigenvalue weighted by atomic mass is 10.2. The standard InChI is InChI=1S/C18H13FN4O3/c1-26-15-6-10(2-5-14(15)24)8-21-23-9-20-16-12-7-11(19)3-4-13(12)22-17(16)18(23)25/h2-9,22,24H,1H3/b21-8-. The van der Waals surface area contributed by atoms with Crippen LogP contribution in [-0.4, -0.2) is 33.1 Å². The van der Waals surface area contributed by atoms with Crippen LogP contribution in [0.5, 0.6) is 11.5 Å². The zero-order chi connectivity index (χ0) is 18.3. The monoisotopic (exact) mass is 352 g/mol. The second-order valence-electron chi connectivity index (χ2n) is 5.61. The number of hydrogen-bond donors (Lipinski definition) is 2. The molecule has 0 unspecified atom stereocenters. The number of H-pyrrole nitrogens is 1. The van der Waals surface area contributed by atoms with E-state index in [9.17, 15) is 14.3 Å². The van der Waals surface area contributed by atoms with E-state index in [0.717, 1.165) is 4.68 Å². The number of aromatic hydroxyl groups is 1. The molecular weight excluding hydrogens is 339 g/mol. The Morgan fingerprint density at radius 1 is 1.31 bits per heavy atom. The number of benzene rings is 2. The van der Waals surface area contributed by atoms with Crippen molar-refractivity contribution in [3.05, 3.63) is 64.5 Å². The molecule has 2 aromatic heterocycles. The summed E-state index contributed by atoms with van der Waals surface area (Å²) in [4.78, 5) is 19.8. The molecule has 130 valence electrons. The van der Waals surface area contributed by atoms with Gasteiger partial charge in [0.15, 0.2) is 11.5 Å². The fourth-order valence-electron chi connectivity index (χ4n) is 2.70. The van der Waals surface area contributed by atoms with Crippen LogP contribution in [0, 0.1) is 5.82 Å². The SMILES string of the molecule is COc1cc(/C=N\n2cnc3c([nH]c4ccc(F)cc43)c2=O)ccc1O. The van der Waals surface area contributed by atoms with Crippen molar-refractivity contribution < 1.29 is 14.2 Å². The van der Waals surface area contributed by atoms with Crippen molar-refractivity contribution in [1.82, 2.24) is 14.6 Å². The van der Waals surface area contributed by atoms with E-state index in [1.54, 1.807) is 18.2 Å². The number of phenols is 1. The van der Waals surface area contributed by atoms with E-state index in [1.165, 1.54) is 37.9 Å². The fraction of sp³-hybridized carbons (Fsp3) is 0.0556. The molecule has 0 aliphatic heterocycles. The number of nitrogens with one attached hydrogen (secondary N) is 1. The number of aromatic nitrogens is 3. The van der Waals surface area contributed by atoms with Crippen molar-refractivity contribution in [2.75, 3.05) is 7.11 Å². The third-order valence-electron chi connectivity index (χ3n) is 3.99. The second-order valence-corrected chi connectivity index (χ2v) is 5.61. The minimum Gasteiger partial charge on any atom is -0.504 e. The molecule has 0 radical (unpaired) electrons. The molecule has 2 N–H and O–H groups in total. The first kappa shape index (κ1) is 15.8. The lowest BCUT2D eigenvalue weighted by Crippen LogP contribution is -2.17. The summed E-state index contributed by atoms with van der Waals surface area (Å²) in [7, 11) is 1.44. The maximum absolute atomic E-state index is 13.4. The first-order valence-electron chi connectivity index (χ1n) is 7.67.